The van der Waals surface area contributed by atoms with Crippen LogP contribution < -0.4 is 5.32 Å². The highest BCUT2D eigenvalue weighted by Gasteiger charge is 2.27. The fraction of sp³-hybridized carbons (Fsp3) is 0.667. The fourth-order valence-corrected chi connectivity index (χ4v) is 2.80. The van der Waals surface area contributed by atoms with Gasteiger partial charge in [0.15, 0.2) is 0 Å². The zero-order valence-electron chi connectivity index (χ0n) is 13.5. The van der Waals surface area contributed by atoms with E-state index in [9.17, 15) is 0 Å². The molecule has 1 fully saturated rings. The summed E-state index contributed by atoms with van der Waals surface area (Å²) in [6, 6.07) is 11.3. The van der Waals surface area contributed by atoms with Gasteiger partial charge in [-0.25, -0.2) is 0 Å². The highest BCUT2D eigenvalue weighted by atomic mass is 15.2. The molecule has 20 heavy (non-hydrogen) atoms. The van der Waals surface area contributed by atoms with E-state index in [4.69, 9.17) is 0 Å². The van der Waals surface area contributed by atoms with Gasteiger partial charge in [-0.15, -0.1) is 0 Å². The van der Waals surface area contributed by atoms with Gasteiger partial charge < -0.3 is 10.2 Å². The molecule has 1 aliphatic heterocycles. The van der Waals surface area contributed by atoms with Crippen molar-refractivity contribution in [2.45, 2.75) is 40.2 Å². The Morgan fingerprint density at radius 2 is 1.95 bits per heavy atom. The molecule has 1 aliphatic rings. The Kier molecular flexibility index (Phi) is 5.22. The third-order valence-corrected chi connectivity index (χ3v) is 4.88. The smallest absolute Gasteiger partial charge is 0.0449 e. The van der Waals surface area contributed by atoms with Crippen LogP contribution in [0, 0.1) is 11.3 Å². The largest absolute Gasteiger partial charge is 0.309 e. The summed E-state index contributed by atoms with van der Waals surface area (Å²) >= 11 is 0. The third kappa shape index (κ3) is 4.07. The molecule has 0 amide bonds. The third-order valence-electron chi connectivity index (χ3n) is 4.88. The summed E-state index contributed by atoms with van der Waals surface area (Å²) < 4.78 is 0. The number of nitrogens with zero attached hydrogens (tertiary/aromatic N) is 1. The number of hydrogen-bond donors (Lipinski definition) is 1. The second-order valence-corrected chi connectivity index (χ2v) is 7.15. The summed E-state index contributed by atoms with van der Waals surface area (Å²) in [6.07, 6.45) is 1.25. The van der Waals surface area contributed by atoms with Crippen molar-refractivity contribution in [3.05, 3.63) is 35.9 Å². The van der Waals surface area contributed by atoms with Crippen LogP contribution in [0.15, 0.2) is 30.3 Å². The second kappa shape index (κ2) is 6.73. The highest BCUT2D eigenvalue weighted by Crippen LogP contribution is 2.28. The lowest BCUT2D eigenvalue weighted by Crippen LogP contribution is -2.40. The van der Waals surface area contributed by atoms with Gasteiger partial charge in [-0.2, -0.15) is 0 Å². The average Bonchev–Trinajstić information content (AvgIpc) is 2.64. The van der Waals surface area contributed by atoms with E-state index in [1.54, 1.807) is 0 Å². The zero-order chi connectivity index (χ0) is 14.6. The molecule has 0 saturated carbocycles. The molecule has 112 valence electrons. The van der Waals surface area contributed by atoms with E-state index in [0.717, 1.165) is 13.1 Å². The lowest BCUT2D eigenvalue weighted by atomic mass is 9.80. The van der Waals surface area contributed by atoms with Crippen LogP contribution in [-0.4, -0.2) is 31.1 Å². The molecule has 0 aromatic heterocycles. The summed E-state index contributed by atoms with van der Waals surface area (Å²) in [5.74, 6) is 0.717. The van der Waals surface area contributed by atoms with Gasteiger partial charge in [0.2, 0.25) is 0 Å². The van der Waals surface area contributed by atoms with Crippen LogP contribution in [0.5, 0.6) is 0 Å². The average molecular weight is 274 g/mol. The van der Waals surface area contributed by atoms with Gasteiger partial charge in [0.25, 0.3) is 0 Å². The van der Waals surface area contributed by atoms with Crippen LogP contribution in [0.4, 0.5) is 0 Å². The molecule has 1 unspecified atom stereocenters. The van der Waals surface area contributed by atoms with Gasteiger partial charge in [0, 0.05) is 19.1 Å². The van der Waals surface area contributed by atoms with Crippen molar-refractivity contribution in [3.63, 3.8) is 0 Å². The Morgan fingerprint density at radius 3 is 2.60 bits per heavy atom. The molecule has 0 aliphatic carbocycles. The van der Waals surface area contributed by atoms with Gasteiger partial charge in [0.1, 0.15) is 0 Å². The Labute approximate surface area is 124 Å². The molecular weight excluding hydrogens is 244 g/mol. The quantitative estimate of drug-likeness (QED) is 0.900. The van der Waals surface area contributed by atoms with E-state index in [0.29, 0.717) is 17.4 Å². The maximum Gasteiger partial charge on any atom is 0.0449 e. The van der Waals surface area contributed by atoms with E-state index >= 15 is 0 Å². The molecular formula is C18H30N2. The molecule has 1 N–H and O–H groups in total. The molecule has 1 aromatic carbocycles. The predicted octanol–water partition coefficient (Wildman–Crippen LogP) is 3.71. The topological polar surface area (TPSA) is 15.3 Å². The molecule has 0 spiro atoms. The van der Waals surface area contributed by atoms with Crippen molar-refractivity contribution in [2.75, 3.05) is 26.2 Å². The normalized spacial score (nSPS) is 21.9. The lowest BCUT2D eigenvalue weighted by Gasteiger charge is -2.36. The minimum atomic E-state index is 0.381. The van der Waals surface area contributed by atoms with Crippen LogP contribution in [0.3, 0.4) is 0 Å². The van der Waals surface area contributed by atoms with Crippen molar-refractivity contribution in [1.29, 1.82) is 0 Å². The lowest BCUT2D eigenvalue weighted by molar-refractivity contribution is 0.133. The summed E-state index contributed by atoms with van der Waals surface area (Å²) in [7, 11) is 0. The predicted molar refractivity (Wildman–Crippen MR) is 86.9 cm³/mol. The van der Waals surface area contributed by atoms with E-state index in [2.05, 4.69) is 68.2 Å². The Bertz CT molecular complexity index is 397. The van der Waals surface area contributed by atoms with Crippen LogP contribution in [0.1, 0.15) is 45.7 Å². The molecule has 1 aromatic rings. The van der Waals surface area contributed by atoms with Crippen molar-refractivity contribution >= 4 is 0 Å². The van der Waals surface area contributed by atoms with Crippen LogP contribution in [-0.2, 0) is 0 Å². The molecule has 2 rings (SSSR count). The van der Waals surface area contributed by atoms with Crippen molar-refractivity contribution in [3.8, 4) is 0 Å². The maximum absolute atomic E-state index is 3.70. The minimum absolute atomic E-state index is 0.381. The Hall–Kier alpha value is -0.860. The minimum Gasteiger partial charge on any atom is -0.309 e. The van der Waals surface area contributed by atoms with E-state index < -0.39 is 0 Å². The second-order valence-electron chi connectivity index (χ2n) is 7.15. The summed E-state index contributed by atoms with van der Waals surface area (Å²) in [5.41, 5.74) is 1.80. The number of rotatable bonds is 4. The number of nitrogens with one attached hydrogen (secondary N) is 1. The van der Waals surface area contributed by atoms with Gasteiger partial charge in [-0.05, 0) is 36.4 Å². The highest BCUT2D eigenvalue weighted by molar-refractivity contribution is 5.19. The Balaban J connectivity index is 2.04. The number of hydrogen-bond acceptors (Lipinski definition) is 2. The van der Waals surface area contributed by atoms with Crippen molar-refractivity contribution < 1.29 is 0 Å². The van der Waals surface area contributed by atoms with Crippen LogP contribution >= 0.6 is 0 Å². The molecule has 1 atom stereocenters. The molecule has 2 nitrogen and oxygen atoms in total. The standard InChI is InChI=1S/C18H30N2/c1-15(2)18(3,4)14-20-12-8-11-19-17(13-20)16-9-6-5-7-10-16/h5-7,9-10,15,17,19H,8,11-14H2,1-4H3. The molecule has 0 radical (unpaired) electrons. The first-order valence-electron chi connectivity index (χ1n) is 8.00. The summed E-state index contributed by atoms with van der Waals surface area (Å²) in [6.45, 7) is 14.1. The molecule has 2 heteroatoms. The van der Waals surface area contributed by atoms with Gasteiger partial charge in [-0.1, -0.05) is 58.0 Å². The van der Waals surface area contributed by atoms with Gasteiger partial charge in [0.05, 0.1) is 0 Å². The van der Waals surface area contributed by atoms with Crippen molar-refractivity contribution in [1.82, 2.24) is 10.2 Å². The monoisotopic (exact) mass is 274 g/mol. The van der Waals surface area contributed by atoms with Crippen LogP contribution in [0.25, 0.3) is 0 Å². The van der Waals surface area contributed by atoms with E-state index in [-0.39, 0.29) is 0 Å². The van der Waals surface area contributed by atoms with E-state index in [1.165, 1.54) is 25.1 Å². The summed E-state index contributed by atoms with van der Waals surface area (Å²) in [4.78, 5) is 2.65. The SMILES string of the molecule is CC(C)C(C)(C)CN1CCCNC(c2ccccc2)C1. The first-order valence-corrected chi connectivity index (χ1v) is 8.00. The van der Waals surface area contributed by atoms with Crippen molar-refractivity contribution in [2.24, 2.45) is 11.3 Å². The first kappa shape index (κ1) is 15.5. The van der Waals surface area contributed by atoms with E-state index in [1.807, 2.05) is 0 Å². The van der Waals surface area contributed by atoms with Gasteiger partial charge in [-0.3, -0.25) is 0 Å². The summed E-state index contributed by atoms with van der Waals surface area (Å²) in [5, 5.41) is 3.70. The van der Waals surface area contributed by atoms with Gasteiger partial charge >= 0.3 is 0 Å². The molecule has 0 bridgehead atoms. The fourth-order valence-electron chi connectivity index (χ4n) is 2.80. The zero-order valence-corrected chi connectivity index (χ0v) is 13.5. The maximum atomic E-state index is 3.70. The first-order chi connectivity index (χ1) is 9.49. The number of benzene rings is 1. The Morgan fingerprint density at radius 1 is 1.25 bits per heavy atom. The molecule has 1 heterocycles. The van der Waals surface area contributed by atoms with Crippen LogP contribution in [0.2, 0.25) is 0 Å². The molecule has 1 saturated heterocycles.